The fraction of sp³-hybridized carbons (Fsp3) is 0.200. The highest BCUT2D eigenvalue weighted by atomic mass is 16.4. The monoisotopic (exact) mass is 269 g/mol. The van der Waals surface area contributed by atoms with Gasteiger partial charge >= 0.3 is 5.97 Å². The van der Waals surface area contributed by atoms with Crippen molar-refractivity contribution in [2.45, 2.75) is 12.8 Å². The highest BCUT2D eigenvalue weighted by Crippen LogP contribution is 2.27. The number of aryl methyl sites for hydroxylation is 2. The summed E-state index contributed by atoms with van der Waals surface area (Å²) in [6.07, 6.45) is 4.41. The molecule has 0 aliphatic rings. The summed E-state index contributed by atoms with van der Waals surface area (Å²) in [6, 6.07) is 8.05. The van der Waals surface area contributed by atoms with Gasteiger partial charge in [-0.2, -0.15) is 0 Å². The summed E-state index contributed by atoms with van der Waals surface area (Å²) in [7, 11) is 1.89. The molecule has 5 nitrogen and oxygen atoms in total. The molecule has 3 rings (SSSR count). The molecule has 2 N–H and O–H groups in total. The summed E-state index contributed by atoms with van der Waals surface area (Å²) in [6.45, 7) is 0. The number of hydrogen-bond acceptors (Lipinski definition) is 2. The molecule has 2 aromatic heterocycles. The van der Waals surface area contributed by atoms with Crippen LogP contribution in [0.25, 0.3) is 22.2 Å². The number of H-pyrrole nitrogens is 1. The van der Waals surface area contributed by atoms with Crippen LogP contribution in [0.1, 0.15) is 12.2 Å². The number of carbonyl (C=O) groups is 1. The Kier molecular flexibility index (Phi) is 3.02. The summed E-state index contributed by atoms with van der Waals surface area (Å²) in [4.78, 5) is 18.4. The molecule has 0 unspecified atom stereocenters. The van der Waals surface area contributed by atoms with Crippen LogP contribution in [-0.4, -0.2) is 25.6 Å². The smallest absolute Gasteiger partial charge is 0.303 e. The van der Waals surface area contributed by atoms with Crippen molar-refractivity contribution in [1.29, 1.82) is 0 Å². The maximum atomic E-state index is 10.7. The first-order valence-electron chi connectivity index (χ1n) is 6.45. The highest BCUT2D eigenvalue weighted by Gasteiger charge is 2.12. The first kappa shape index (κ1) is 12.5. The van der Waals surface area contributed by atoms with Gasteiger partial charge in [0.25, 0.3) is 0 Å². The molecule has 0 aliphatic carbocycles. The van der Waals surface area contributed by atoms with Gasteiger partial charge in [0.15, 0.2) is 0 Å². The fourth-order valence-electron chi connectivity index (χ4n) is 2.37. The van der Waals surface area contributed by atoms with Crippen LogP contribution in [0, 0.1) is 0 Å². The van der Waals surface area contributed by atoms with Gasteiger partial charge in [0.2, 0.25) is 0 Å². The van der Waals surface area contributed by atoms with E-state index in [1.54, 1.807) is 0 Å². The molecular weight excluding hydrogens is 254 g/mol. The summed E-state index contributed by atoms with van der Waals surface area (Å²) < 4.78 is 1.89. The first-order valence-corrected chi connectivity index (χ1v) is 6.45. The van der Waals surface area contributed by atoms with Gasteiger partial charge in [0.05, 0.1) is 12.1 Å². The first-order chi connectivity index (χ1) is 9.65. The second kappa shape index (κ2) is 4.85. The Labute approximate surface area is 115 Å². The predicted octanol–water partition coefficient (Wildman–Crippen LogP) is 2.59. The zero-order valence-corrected chi connectivity index (χ0v) is 11.1. The lowest BCUT2D eigenvalue weighted by molar-refractivity contribution is -0.137. The second-order valence-electron chi connectivity index (χ2n) is 4.79. The van der Waals surface area contributed by atoms with Gasteiger partial charge in [-0.05, 0) is 6.07 Å². The van der Waals surface area contributed by atoms with Crippen LogP contribution < -0.4 is 0 Å². The molecule has 0 amide bonds. The third kappa shape index (κ3) is 2.18. The Morgan fingerprint density at radius 2 is 2.20 bits per heavy atom. The van der Waals surface area contributed by atoms with E-state index in [0.29, 0.717) is 6.42 Å². The summed E-state index contributed by atoms with van der Waals surface area (Å²) in [5, 5.41) is 9.88. The Morgan fingerprint density at radius 3 is 3.00 bits per heavy atom. The summed E-state index contributed by atoms with van der Waals surface area (Å²) in [5.74, 6) is -0.0191. The molecule has 0 radical (unpaired) electrons. The quantitative estimate of drug-likeness (QED) is 0.764. The van der Waals surface area contributed by atoms with Crippen LogP contribution in [0.5, 0.6) is 0 Å². The minimum Gasteiger partial charge on any atom is -0.481 e. The maximum Gasteiger partial charge on any atom is 0.303 e. The van der Waals surface area contributed by atoms with Gasteiger partial charge in [0.1, 0.15) is 5.82 Å². The maximum absolute atomic E-state index is 10.7. The Hall–Kier alpha value is -2.56. The Morgan fingerprint density at radius 1 is 1.40 bits per heavy atom. The Bertz CT molecular complexity index is 770. The fourth-order valence-corrected chi connectivity index (χ4v) is 2.37. The molecule has 20 heavy (non-hydrogen) atoms. The van der Waals surface area contributed by atoms with Gasteiger partial charge in [0, 0.05) is 42.3 Å². The van der Waals surface area contributed by atoms with E-state index in [-0.39, 0.29) is 6.42 Å². The van der Waals surface area contributed by atoms with Crippen LogP contribution in [-0.2, 0) is 18.3 Å². The molecule has 102 valence electrons. The molecule has 0 bridgehead atoms. The van der Waals surface area contributed by atoms with Gasteiger partial charge in [-0.1, -0.05) is 18.2 Å². The standard InChI is InChI=1S/C15H15N3O2/c1-18-9-13(17-14(18)6-7-15(19)20)11-8-16-12-5-3-2-4-10(11)12/h2-5,8-9,16H,6-7H2,1H3,(H,19,20). The molecule has 5 heteroatoms. The molecule has 0 fully saturated rings. The average molecular weight is 269 g/mol. The average Bonchev–Trinajstić information content (AvgIpc) is 3.00. The molecule has 0 saturated heterocycles. The lowest BCUT2D eigenvalue weighted by atomic mass is 10.1. The number of aromatic nitrogens is 3. The van der Waals surface area contributed by atoms with E-state index in [2.05, 4.69) is 9.97 Å². The van der Waals surface area contributed by atoms with Crippen molar-refractivity contribution < 1.29 is 9.90 Å². The minimum atomic E-state index is -0.804. The van der Waals surface area contributed by atoms with Crippen molar-refractivity contribution in [3.8, 4) is 11.3 Å². The molecule has 1 aromatic carbocycles. The summed E-state index contributed by atoms with van der Waals surface area (Å²) >= 11 is 0. The number of nitrogens with zero attached hydrogens (tertiary/aromatic N) is 2. The predicted molar refractivity (Wildman–Crippen MR) is 76.5 cm³/mol. The number of carboxylic acid groups (broad SMARTS) is 1. The van der Waals surface area contributed by atoms with Crippen LogP contribution in [0.3, 0.4) is 0 Å². The third-order valence-corrected chi connectivity index (χ3v) is 3.40. The number of rotatable bonds is 4. The van der Waals surface area contributed by atoms with E-state index in [0.717, 1.165) is 28.0 Å². The van der Waals surface area contributed by atoms with Crippen molar-refractivity contribution in [2.24, 2.45) is 7.05 Å². The number of aliphatic carboxylic acids is 1. The lowest BCUT2D eigenvalue weighted by Crippen LogP contribution is -2.02. The van der Waals surface area contributed by atoms with Crippen molar-refractivity contribution in [3.05, 3.63) is 42.5 Å². The van der Waals surface area contributed by atoms with Crippen LogP contribution in [0.15, 0.2) is 36.7 Å². The van der Waals surface area contributed by atoms with Gasteiger partial charge in [-0.15, -0.1) is 0 Å². The zero-order chi connectivity index (χ0) is 14.1. The summed E-state index contributed by atoms with van der Waals surface area (Å²) in [5.41, 5.74) is 2.98. The van der Waals surface area contributed by atoms with Crippen molar-refractivity contribution in [1.82, 2.24) is 14.5 Å². The number of aromatic amines is 1. The zero-order valence-electron chi connectivity index (χ0n) is 11.1. The van der Waals surface area contributed by atoms with E-state index in [1.807, 2.05) is 48.3 Å². The van der Waals surface area contributed by atoms with E-state index < -0.39 is 5.97 Å². The molecule has 0 spiro atoms. The van der Waals surface area contributed by atoms with Crippen molar-refractivity contribution in [2.75, 3.05) is 0 Å². The Balaban J connectivity index is 1.98. The van der Waals surface area contributed by atoms with E-state index in [9.17, 15) is 4.79 Å². The van der Waals surface area contributed by atoms with Gasteiger partial charge in [-0.25, -0.2) is 4.98 Å². The van der Waals surface area contributed by atoms with Crippen molar-refractivity contribution >= 4 is 16.9 Å². The third-order valence-electron chi connectivity index (χ3n) is 3.40. The topological polar surface area (TPSA) is 70.9 Å². The van der Waals surface area contributed by atoms with Gasteiger partial charge in [-0.3, -0.25) is 4.79 Å². The molecular formula is C15H15N3O2. The number of para-hydroxylation sites is 1. The van der Waals surface area contributed by atoms with E-state index >= 15 is 0 Å². The van der Waals surface area contributed by atoms with E-state index in [1.165, 1.54) is 0 Å². The van der Waals surface area contributed by atoms with E-state index in [4.69, 9.17) is 5.11 Å². The number of carboxylic acids is 1. The van der Waals surface area contributed by atoms with Gasteiger partial charge < -0.3 is 14.7 Å². The van der Waals surface area contributed by atoms with Crippen LogP contribution >= 0.6 is 0 Å². The SMILES string of the molecule is Cn1cc(-c2c[nH]c3ccccc23)nc1CCC(=O)O. The number of fused-ring (bicyclic) bond motifs is 1. The number of benzene rings is 1. The van der Waals surface area contributed by atoms with Crippen molar-refractivity contribution in [3.63, 3.8) is 0 Å². The lowest BCUT2D eigenvalue weighted by Gasteiger charge is -1.97. The number of imidazole rings is 1. The largest absolute Gasteiger partial charge is 0.481 e. The number of hydrogen-bond donors (Lipinski definition) is 2. The van der Waals surface area contributed by atoms with Crippen LogP contribution in [0.2, 0.25) is 0 Å². The number of nitrogens with one attached hydrogen (secondary N) is 1. The molecule has 0 aliphatic heterocycles. The highest BCUT2D eigenvalue weighted by molar-refractivity contribution is 5.94. The molecule has 2 heterocycles. The minimum absolute atomic E-state index is 0.0954. The molecule has 0 atom stereocenters. The second-order valence-corrected chi connectivity index (χ2v) is 4.79. The normalized spacial score (nSPS) is 11.1. The molecule has 0 saturated carbocycles. The van der Waals surface area contributed by atoms with Crippen LogP contribution in [0.4, 0.5) is 0 Å². The molecule has 3 aromatic rings.